The Morgan fingerprint density at radius 1 is 1.22 bits per heavy atom. The molecule has 2 amide bonds. The number of allylic oxidation sites excluding steroid dienone is 1. The Hall–Kier alpha value is -1.07. The van der Waals surface area contributed by atoms with Gasteiger partial charge < -0.3 is 20.1 Å². The van der Waals surface area contributed by atoms with Crippen LogP contribution in [0.5, 0.6) is 0 Å². The largest absolute Gasteiger partial charge is 0.373 e. The van der Waals surface area contributed by atoms with Crippen molar-refractivity contribution < 1.29 is 14.3 Å². The second-order valence-electron chi connectivity index (χ2n) is 5.78. The summed E-state index contributed by atoms with van der Waals surface area (Å²) in [6.45, 7) is 1.80. The van der Waals surface area contributed by atoms with E-state index in [-0.39, 0.29) is 12.1 Å². The van der Waals surface area contributed by atoms with Crippen LogP contribution >= 0.6 is 0 Å². The number of epoxide rings is 2. The predicted molar refractivity (Wildman–Crippen MR) is 63.8 cm³/mol. The summed E-state index contributed by atoms with van der Waals surface area (Å²) >= 11 is 0. The highest BCUT2D eigenvalue weighted by Gasteiger charge is 2.44. The SMILES string of the molecule is O=C1NC2=CCC(CC3CO3)C(CC3CO3)C2N1. The molecule has 0 aromatic carbocycles. The van der Waals surface area contributed by atoms with Crippen molar-refractivity contribution in [1.29, 1.82) is 0 Å². The summed E-state index contributed by atoms with van der Waals surface area (Å²) in [5, 5.41) is 5.96. The molecule has 5 nitrogen and oxygen atoms in total. The lowest BCUT2D eigenvalue weighted by Crippen LogP contribution is -2.40. The summed E-state index contributed by atoms with van der Waals surface area (Å²) in [6, 6.07) is 0.107. The molecule has 5 heteroatoms. The van der Waals surface area contributed by atoms with Crippen LogP contribution in [0.25, 0.3) is 0 Å². The van der Waals surface area contributed by atoms with Crippen molar-refractivity contribution in [2.45, 2.75) is 37.5 Å². The number of hydrogen-bond donors (Lipinski definition) is 2. The highest BCUT2D eigenvalue weighted by atomic mass is 16.6. The van der Waals surface area contributed by atoms with Crippen molar-refractivity contribution in [3.05, 3.63) is 11.8 Å². The number of carbonyl (C=O) groups is 1. The van der Waals surface area contributed by atoms with E-state index in [2.05, 4.69) is 16.7 Å². The summed E-state index contributed by atoms with van der Waals surface area (Å²) in [4.78, 5) is 11.5. The van der Waals surface area contributed by atoms with Gasteiger partial charge in [-0.05, 0) is 31.1 Å². The molecule has 0 radical (unpaired) electrons. The molecule has 3 heterocycles. The Balaban J connectivity index is 1.53. The van der Waals surface area contributed by atoms with Crippen LogP contribution in [0.3, 0.4) is 0 Å². The zero-order valence-electron chi connectivity index (χ0n) is 10.2. The lowest BCUT2D eigenvalue weighted by atomic mass is 9.74. The van der Waals surface area contributed by atoms with Crippen LogP contribution in [0.15, 0.2) is 11.8 Å². The highest BCUT2D eigenvalue weighted by Crippen LogP contribution is 2.40. The smallest absolute Gasteiger partial charge is 0.319 e. The number of rotatable bonds is 4. The van der Waals surface area contributed by atoms with Gasteiger partial charge in [-0.25, -0.2) is 4.79 Å². The van der Waals surface area contributed by atoms with Crippen LogP contribution in [0.4, 0.5) is 4.79 Å². The third-order valence-electron chi connectivity index (χ3n) is 4.46. The Morgan fingerprint density at radius 3 is 2.67 bits per heavy atom. The highest BCUT2D eigenvalue weighted by molar-refractivity contribution is 5.80. The summed E-state index contributed by atoms with van der Waals surface area (Å²) in [5.74, 6) is 1.09. The molecule has 3 fully saturated rings. The summed E-state index contributed by atoms with van der Waals surface area (Å²) < 4.78 is 10.7. The van der Waals surface area contributed by atoms with Gasteiger partial charge in [-0.3, -0.25) is 0 Å². The Labute approximate surface area is 106 Å². The van der Waals surface area contributed by atoms with Crippen molar-refractivity contribution >= 4 is 6.03 Å². The van der Waals surface area contributed by atoms with E-state index in [1.54, 1.807) is 0 Å². The average Bonchev–Trinajstić information content (AvgIpc) is 3.23. The number of fused-ring (bicyclic) bond motifs is 1. The third-order valence-corrected chi connectivity index (χ3v) is 4.46. The minimum absolute atomic E-state index is 0.0590. The van der Waals surface area contributed by atoms with Gasteiger partial charge >= 0.3 is 6.03 Å². The zero-order chi connectivity index (χ0) is 12.1. The van der Waals surface area contributed by atoms with Gasteiger partial charge in [-0.1, -0.05) is 6.08 Å². The summed E-state index contributed by atoms with van der Waals surface area (Å²) in [7, 11) is 0. The van der Waals surface area contributed by atoms with Crippen molar-refractivity contribution in [2.24, 2.45) is 11.8 Å². The minimum Gasteiger partial charge on any atom is -0.373 e. The molecule has 4 aliphatic rings. The van der Waals surface area contributed by atoms with E-state index < -0.39 is 0 Å². The van der Waals surface area contributed by atoms with Gasteiger partial charge in [0, 0.05) is 5.70 Å². The molecule has 0 aromatic rings. The van der Waals surface area contributed by atoms with Gasteiger partial charge in [0.15, 0.2) is 0 Å². The molecule has 5 unspecified atom stereocenters. The van der Waals surface area contributed by atoms with Crippen LogP contribution in [-0.4, -0.2) is 37.5 Å². The second-order valence-corrected chi connectivity index (χ2v) is 5.78. The van der Waals surface area contributed by atoms with Crippen molar-refractivity contribution in [2.75, 3.05) is 13.2 Å². The first kappa shape index (κ1) is 10.8. The first-order valence-corrected chi connectivity index (χ1v) is 6.80. The molecule has 3 saturated heterocycles. The van der Waals surface area contributed by atoms with E-state index in [9.17, 15) is 4.79 Å². The fourth-order valence-corrected chi connectivity index (χ4v) is 3.35. The van der Waals surface area contributed by atoms with Crippen LogP contribution < -0.4 is 10.6 Å². The molecule has 0 spiro atoms. The fraction of sp³-hybridized carbons (Fsp3) is 0.769. The van der Waals surface area contributed by atoms with E-state index in [0.29, 0.717) is 24.0 Å². The number of nitrogens with one attached hydrogen (secondary N) is 2. The maximum atomic E-state index is 11.5. The van der Waals surface area contributed by atoms with Crippen LogP contribution in [0.1, 0.15) is 19.3 Å². The number of hydrogen-bond acceptors (Lipinski definition) is 3. The second kappa shape index (κ2) is 3.96. The Bertz CT molecular complexity index is 401. The van der Waals surface area contributed by atoms with Crippen LogP contribution in [-0.2, 0) is 9.47 Å². The van der Waals surface area contributed by atoms with Gasteiger partial charge in [0.05, 0.1) is 31.5 Å². The normalized spacial score (nSPS) is 44.8. The first-order chi connectivity index (χ1) is 8.79. The summed E-state index contributed by atoms with van der Waals surface area (Å²) in [5.41, 5.74) is 1.07. The third kappa shape index (κ3) is 2.01. The van der Waals surface area contributed by atoms with E-state index in [1.165, 1.54) is 0 Å². The van der Waals surface area contributed by atoms with Gasteiger partial charge in [0.25, 0.3) is 0 Å². The predicted octanol–water partition coefficient (Wildman–Crippen LogP) is 0.766. The van der Waals surface area contributed by atoms with E-state index in [4.69, 9.17) is 9.47 Å². The van der Waals surface area contributed by atoms with E-state index in [0.717, 1.165) is 38.2 Å². The average molecular weight is 250 g/mol. The van der Waals surface area contributed by atoms with Crippen molar-refractivity contribution in [3.8, 4) is 0 Å². The topological polar surface area (TPSA) is 66.2 Å². The number of amides is 2. The molecule has 0 saturated carbocycles. The van der Waals surface area contributed by atoms with Crippen molar-refractivity contribution in [1.82, 2.24) is 10.6 Å². The number of ether oxygens (including phenoxy) is 2. The monoisotopic (exact) mass is 250 g/mol. The molecular weight excluding hydrogens is 232 g/mol. The lowest BCUT2D eigenvalue weighted by Gasteiger charge is -2.34. The van der Waals surface area contributed by atoms with Crippen LogP contribution in [0, 0.1) is 11.8 Å². The van der Waals surface area contributed by atoms with Gasteiger partial charge in [0.1, 0.15) is 0 Å². The fourth-order valence-electron chi connectivity index (χ4n) is 3.35. The molecular formula is C13H18N2O3. The van der Waals surface area contributed by atoms with E-state index >= 15 is 0 Å². The lowest BCUT2D eigenvalue weighted by molar-refractivity contribution is 0.202. The molecule has 0 bridgehead atoms. The maximum absolute atomic E-state index is 11.5. The maximum Gasteiger partial charge on any atom is 0.319 e. The molecule has 5 atom stereocenters. The molecule has 18 heavy (non-hydrogen) atoms. The quantitative estimate of drug-likeness (QED) is 0.724. The molecule has 4 rings (SSSR count). The Morgan fingerprint density at radius 2 is 1.94 bits per heavy atom. The van der Waals surface area contributed by atoms with Gasteiger partial charge in [-0.15, -0.1) is 0 Å². The van der Waals surface area contributed by atoms with Crippen LogP contribution in [0.2, 0.25) is 0 Å². The van der Waals surface area contributed by atoms with E-state index in [1.807, 2.05) is 0 Å². The molecule has 3 aliphatic heterocycles. The first-order valence-electron chi connectivity index (χ1n) is 6.80. The Kier molecular flexibility index (Phi) is 2.38. The molecule has 98 valence electrons. The van der Waals surface area contributed by atoms with Gasteiger partial charge in [0.2, 0.25) is 0 Å². The minimum atomic E-state index is -0.0590. The molecule has 1 aliphatic carbocycles. The zero-order valence-corrected chi connectivity index (χ0v) is 10.2. The number of carbonyl (C=O) groups excluding carboxylic acids is 1. The van der Waals surface area contributed by atoms with Gasteiger partial charge in [-0.2, -0.15) is 0 Å². The molecule has 2 N–H and O–H groups in total. The molecule has 0 aromatic heterocycles. The standard InChI is InChI=1S/C13H18N2O3/c16-13-14-11-2-1-7(3-8-5-17-8)10(12(11)15-13)4-9-6-18-9/h2,7-10,12H,1,3-6H2,(H2,14,15,16). The summed E-state index contributed by atoms with van der Waals surface area (Å²) in [6.07, 6.45) is 6.27. The van der Waals surface area contributed by atoms with Crippen molar-refractivity contribution in [3.63, 3.8) is 0 Å². The number of urea groups is 1.